The van der Waals surface area contributed by atoms with E-state index >= 15 is 0 Å². The largest absolute Gasteiger partial charge is 0.379 e. The van der Waals surface area contributed by atoms with Gasteiger partial charge in [0.25, 0.3) is 0 Å². The minimum absolute atomic E-state index is 0.179. The number of sulfonamides is 1. The van der Waals surface area contributed by atoms with Gasteiger partial charge in [-0.3, -0.25) is 0 Å². The van der Waals surface area contributed by atoms with Gasteiger partial charge < -0.3 is 15.4 Å². The molecule has 1 heterocycles. The molecule has 1 saturated carbocycles. The van der Waals surface area contributed by atoms with Crippen LogP contribution in [0.1, 0.15) is 44.1 Å². The van der Waals surface area contributed by atoms with Crippen molar-refractivity contribution in [1.82, 2.24) is 14.9 Å². The first-order valence-corrected chi connectivity index (χ1v) is 11.2. The zero-order valence-electron chi connectivity index (χ0n) is 15.7. The SMILES string of the molecule is O=C(NCc1ccccc1S(=O)(=O)N1CCOCC1)NC1CCCCCC1. The standard InChI is InChI=1S/C19H29N3O4S/c23-19(21-17-8-3-1-2-4-9-17)20-15-16-7-5-6-10-18(16)27(24,25)22-11-13-26-14-12-22/h5-7,10,17H,1-4,8-9,11-15H2,(H2,20,21,23). The van der Waals surface area contributed by atoms with E-state index < -0.39 is 10.0 Å². The highest BCUT2D eigenvalue weighted by atomic mass is 32.2. The van der Waals surface area contributed by atoms with Crippen LogP contribution < -0.4 is 10.6 Å². The normalized spacial score (nSPS) is 20.0. The number of rotatable bonds is 5. The van der Waals surface area contributed by atoms with Gasteiger partial charge in [0.1, 0.15) is 0 Å². The van der Waals surface area contributed by atoms with E-state index in [1.807, 2.05) is 0 Å². The number of nitrogens with zero attached hydrogens (tertiary/aromatic N) is 1. The van der Waals surface area contributed by atoms with Crippen molar-refractivity contribution in [2.75, 3.05) is 26.3 Å². The number of hydrogen-bond donors (Lipinski definition) is 2. The van der Waals surface area contributed by atoms with Crippen LogP contribution >= 0.6 is 0 Å². The van der Waals surface area contributed by atoms with Crippen LogP contribution in [0.3, 0.4) is 0 Å². The molecule has 0 unspecified atom stereocenters. The van der Waals surface area contributed by atoms with Gasteiger partial charge in [0, 0.05) is 25.7 Å². The lowest BCUT2D eigenvalue weighted by Crippen LogP contribution is -2.42. The second-order valence-electron chi connectivity index (χ2n) is 7.14. The van der Waals surface area contributed by atoms with Gasteiger partial charge in [-0.15, -0.1) is 0 Å². The molecule has 8 heteroatoms. The molecule has 150 valence electrons. The summed E-state index contributed by atoms with van der Waals surface area (Å²) in [5, 5.41) is 5.85. The summed E-state index contributed by atoms with van der Waals surface area (Å²) >= 11 is 0. The molecule has 0 radical (unpaired) electrons. The third kappa shape index (κ3) is 5.43. The third-order valence-electron chi connectivity index (χ3n) is 5.19. The Morgan fingerprint density at radius 3 is 2.44 bits per heavy atom. The molecule has 1 aliphatic heterocycles. The number of benzene rings is 1. The van der Waals surface area contributed by atoms with Crippen molar-refractivity contribution in [2.45, 2.75) is 56.0 Å². The fourth-order valence-electron chi connectivity index (χ4n) is 3.66. The maximum absolute atomic E-state index is 12.9. The Morgan fingerprint density at radius 1 is 1.07 bits per heavy atom. The average molecular weight is 396 g/mol. The van der Waals surface area contributed by atoms with E-state index in [-0.39, 0.29) is 23.5 Å². The lowest BCUT2D eigenvalue weighted by atomic mass is 10.1. The summed E-state index contributed by atoms with van der Waals surface area (Å²) < 4.78 is 32.6. The molecule has 3 rings (SSSR count). The zero-order valence-corrected chi connectivity index (χ0v) is 16.5. The van der Waals surface area contributed by atoms with Gasteiger partial charge in [-0.25, -0.2) is 13.2 Å². The summed E-state index contributed by atoms with van der Waals surface area (Å²) in [5.74, 6) is 0. The number of nitrogens with one attached hydrogen (secondary N) is 2. The second-order valence-corrected chi connectivity index (χ2v) is 9.05. The number of ether oxygens (including phenoxy) is 1. The van der Waals surface area contributed by atoms with Crippen molar-refractivity contribution < 1.29 is 17.9 Å². The van der Waals surface area contributed by atoms with Crippen LogP contribution in [0, 0.1) is 0 Å². The highest BCUT2D eigenvalue weighted by Crippen LogP contribution is 2.21. The molecule has 1 aliphatic carbocycles. The van der Waals surface area contributed by atoms with Gasteiger partial charge in [-0.05, 0) is 24.5 Å². The summed E-state index contributed by atoms with van der Waals surface area (Å²) in [6, 6.07) is 6.82. The van der Waals surface area contributed by atoms with Crippen molar-refractivity contribution in [3.63, 3.8) is 0 Å². The average Bonchev–Trinajstić information content (AvgIpc) is 2.96. The molecule has 1 aromatic rings. The number of hydrogen-bond acceptors (Lipinski definition) is 4. The molecule has 2 amide bonds. The fraction of sp³-hybridized carbons (Fsp3) is 0.632. The first-order chi connectivity index (χ1) is 13.1. The van der Waals surface area contributed by atoms with E-state index in [2.05, 4.69) is 10.6 Å². The Labute approximate surface area is 161 Å². The summed E-state index contributed by atoms with van der Waals surface area (Å²) in [6.07, 6.45) is 6.77. The van der Waals surface area contributed by atoms with Crippen molar-refractivity contribution in [3.05, 3.63) is 29.8 Å². The molecular weight excluding hydrogens is 366 g/mol. The van der Waals surface area contributed by atoms with Crippen LogP contribution in [0.5, 0.6) is 0 Å². The molecule has 1 saturated heterocycles. The van der Waals surface area contributed by atoms with E-state index in [1.54, 1.807) is 24.3 Å². The van der Waals surface area contributed by atoms with Crippen LogP contribution in [0.4, 0.5) is 4.79 Å². The predicted molar refractivity (Wildman–Crippen MR) is 103 cm³/mol. The summed E-state index contributed by atoms with van der Waals surface area (Å²) in [5.41, 5.74) is 0.597. The molecule has 0 atom stereocenters. The molecule has 0 spiro atoms. The van der Waals surface area contributed by atoms with Gasteiger partial charge in [-0.2, -0.15) is 4.31 Å². The molecule has 1 aromatic carbocycles. The smallest absolute Gasteiger partial charge is 0.315 e. The van der Waals surface area contributed by atoms with Crippen molar-refractivity contribution >= 4 is 16.1 Å². The highest BCUT2D eigenvalue weighted by molar-refractivity contribution is 7.89. The zero-order chi connectivity index (χ0) is 19.1. The van der Waals surface area contributed by atoms with E-state index in [4.69, 9.17) is 4.74 Å². The van der Waals surface area contributed by atoms with E-state index in [1.165, 1.54) is 17.1 Å². The van der Waals surface area contributed by atoms with Gasteiger partial charge in [0.05, 0.1) is 18.1 Å². The minimum atomic E-state index is -3.59. The highest BCUT2D eigenvalue weighted by Gasteiger charge is 2.28. The first kappa shape index (κ1) is 20.1. The maximum atomic E-state index is 12.9. The fourth-order valence-corrected chi connectivity index (χ4v) is 5.29. The Bertz CT molecular complexity index is 724. The summed E-state index contributed by atoms with van der Waals surface area (Å²) in [6.45, 7) is 1.70. The number of urea groups is 1. The molecule has 27 heavy (non-hydrogen) atoms. The summed E-state index contributed by atoms with van der Waals surface area (Å²) in [4.78, 5) is 12.5. The lowest BCUT2D eigenvalue weighted by Gasteiger charge is -2.27. The van der Waals surface area contributed by atoms with Gasteiger partial charge in [-0.1, -0.05) is 43.9 Å². The Hall–Kier alpha value is -1.64. The van der Waals surface area contributed by atoms with Gasteiger partial charge in [0.15, 0.2) is 0 Å². The van der Waals surface area contributed by atoms with E-state index in [0.29, 0.717) is 31.9 Å². The first-order valence-electron chi connectivity index (χ1n) is 9.77. The van der Waals surface area contributed by atoms with Crippen LogP contribution in [-0.2, 0) is 21.3 Å². The third-order valence-corrected chi connectivity index (χ3v) is 7.19. The molecule has 0 aromatic heterocycles. The second kappa shape index (κ2) is 9.52. The van der Waals surface area contributed by atoms with Crippen LogP contribution in [0.25, 0.3) is 0 Å². The topological polar surface area (TPSA) is 87.7 Å². The van der Waals surface area contributed by atoms with Crippen molar-refractivity contribution in [1.29, 1.82) is 0 Å². The van der Waals surface area contributed by atoms with Crippen molar-refractivity contribution in [2.24, 2.45) is 0 Å². The van der Waals surface area contributed by atoms with Crippen LogP contribution in [-0.4, -0.2) is 51.1 Å². The Morgan fingerprint density at radius 2 is 1.74 bits per heavy atom. The Kier molecular flexibility index (Phi) is 7.09. The number of carbonyl (C=O) groups is 1. The lowest BCUT2D eigenvalue weighted by molar-refractivity contribution is 0.0730. The Balaban J connectivity index is 1.62. The number of amides is 2. The molecule has 2 fully saturated rings. The minimum Gasteiger partial charge on any atom is -0.379 e. The molecule has 2 N–H and O–H groups in total. The van der Waals surface area contributed by atoms with E-state index in [0.717, 1.165) is 25.7 Å². The van der Waals surface area contributed by atoms with Gasteiger partial charge >= 0.3 is 6.03 Å². The number of carbonyl (C=O) groups excluding carboxylic acids is 1. The molecular formula is C19H29N3O4S. The molecule has 7 nitrogen and oxygen atoms in total. The molecule has 2 aliphatic rings. The molecule has 0 bridgehead atoms. The van der Waals surface area contributed by atoms with Crippen molar-refractivity contribution in [3.8, 4) is 0 Å². The summed E-state index contributed by atoms with van der Waals surface area (Å²) in [7, 11) is -3.59. The predicted octanol–water partition coefficient (Wildman–Crippen LogP) is 2.23. The maximum Gasteiger partial charge on any atom is 0.315 e. The van der Waals surface area contributed by atoms with Crippen LogP contribution in [0.15, 0.2) is 29.2 Å². The monoisotopic (exact) mass is 395 g/mol. The quantitative estimate of drug-likeness (QED) is 0.749. The van der Waals surface area contributed by atoms with Gasteiger partial charge in [0.2, 0.25) is 10.0 Å². The van der Waals surface area contributed by atoms with Crippen LogP contribution in [0.2, 0.25) is 0 Å². The van der Waals surface area contributed by atoms with E-state index in [9.17, 15) is 13.2 Å². The number of morpholine rings is 1.